The van der Waals surface area contributed by atoms with Crippen LogP contribution in [-0.4, -0.2) is 25.2 Å². The zero-order chi connectivity index (χ0) is 20.5. The number of esters is 2. The summed E-state index contributed by atoms with van der Waals surface area (Å²) in [6.45, 7) is 8.68. The molecule has 0 atom stereocenters. The van der Waals surface area contributed by atoms with E-state index in [9.17, 15) is 9.59 Å². The number of carbonyl (C=O) groups excluding carboxylic acids is 2. The summed E-state index contributed by atoms with van der Waals surface area (Å²) in [5, 5.41) is 0. The van der Waals surface area contributed by atoms with E-state index in [1.54, 1.807) is 0 Å². The van der Waals surface area contributed by atoms with Crippen LogP contribution in [-0.2, 0) is 9.47 Å². The first-order chi connectivity index (χ1) is 13.5. The predicted molar refractivity (Wildman–Crippen MR) is 117 cm³/mol. The van der Waals surface area contributed by atoms with Crippen molar-refractivity contribution in [2.24, 2.45) is 0 Å². The Morgan fingerprint density at radius 1 is 0.679 bits per heavy atom. The first kappa shape index (κ1) is 22.4. The van der Waals surface area contributed by atoms with Gasteiger partial charge in [-0.1, -0.05) is 26.7 Å². The van der Waals surface area contributed by atoms with Gasteiger partial charge in [-0.25, -0.2) is 9.59 Å². The van der Waals surface area contributed by atoms with Gasteiger partial charge in [-0.15, -0.1) is 22.7 Å². The summed E-state index contributed by atoms with van der Waals surface area (Å²) >= 11 is 2.96. The van der Waals surface area contributed by atoms with E-state index in [4.69, 9.17) is 9.47 Å². The molecule has 0 N–H and O–H groups in total. The third-order valence-electron chi connectivity index (χ3n) is 4.12. The maximum Gasteiger partial charge on any atom is 0.348 e. The number of ether oxygens (including phenoxy) is 2. The Morgan fingerprint density at radius 3 is 1.36 bits per heavy atom. The van der Waals surface area contributed by atoms with E-state index in [1.165, 1.54) is 33.8 Å². The maximum absolute atomic E-state index is 12.1. The summed E-state index contributed by atoms with van der Waals surface area (Å²) in [4.78, 5) is 27.6. The molecule has 0 saturated carbocycles. The third-order valence-corrected chi connectivity index (χ3v) is 6.37. The van der Waals surface area contributed by atoms with Crippen LogP contribution in [0.15, 0.2) is 24.3 Å². The molecule has 0 spiro atoms. The molecule has 4 nitrogen and oxygen atoms in total. The van der Waals surface area contributed by atoms with Crippen molar-refractivity contribution < 1.29 is 19.1 Å². The molecule has 6 heteroatoms. The van der Waals surface area contributed by atoms with Crippen LogP contribution in [0, 0.1) is 0 Å². The van der Waals surface area contributed by atoms with Crippen LogP contribution in [0.5, 0.6) is 0 Å². The average molecular weight is 421 g/mol. The molecule has 0 unspecified atom stereocenters. The second kappa shape index (κ2) is 11.2. The van der Waals surface area contributed by atoms with Crippen molar-refractivity contribution in [1.29, 1.82) is 0 Å². The van der Waals surface area contributed by atoms with Gasteiger partial charge in [-0.05, 0) is 62.1 Å². The van der Waals surface area contributed by atoms with E-state index in [0.29, 0.717) is 23.0 Å². The Labute approximate surface area is 175 Å². The van der Waals surface area contributed by atoms with Crippen LogP contribution in [0.4, 0.5) is 0 Å². The zero-order valence-electron chi connectivity index (χ0n) is 17.0. The van der Waals surface area contributed by atoms with Crippen molar-refractivity contribution in [2.45, 2.75) is 53.4 Å². The monoisotopic (exact) mass is 420 g/mol. The van der Waals surface area contributed by atoms with Crippen molar-refractivity contribution in [2.75, 3.05) is 13.2 Å². The second-order valence-corrected chi connectivity index (χ2v) is 8.39. The standard InChI is InChI=1S/C22H28O4S2/c1-5-9-15(17-11-13-19(27-17)21(23)25-7-3)16(10-6-2)18-12-14-20(28-18)22(24)26-8-4/h11-14H,5-10H2,1-4H3. The molecule has 0 aliphatic rings. The van der Waals surface area contributed by atoms with Gasteiger partial charge in [0.15, 0.2) is 0 Å². The molecule has 2 heterocycles. The Morgan fingerprint density at radius 2 is 1.04 bits per heavy atom. The first-order valence-corrected chi connectivity index (χ1v) is 11.5. The molecule has 2 rings (SSSR count). The molecule has 0 fully saturated rings. The molecular formula is C22H28O4S2. The van der Waals surface area contributed by atoms with Gasteiger partial charge in [0.1, 0.15) is 9.75 Å². The Balaban J connectivity index is 2.46. The molecule has 28 heavy (non-hydrogen) atoms. The fourth-order valence-corrected chi connectivity index (χ4v) is 4.97. The van der Waals surface area contributed by atoms with Crippen LogP contribution in [0.3, 0.4) is 0 Å². The van der Waals surface area contributed by atoms with Gasteiger partial charge in [0, 0.05) is 9.75 Å². The van der Waals surface area contributed by atoms with E-state index in [2.05, 4.69) is 13.8 Å². The lowest BCUT2D eigenvalue weighted by Crippen LogP contribution is -2.01. The quantitative estimate of drug-likeness (QED) is 0.403. The predicted octanol–water partition coefficient (Wildman–Crippen LogP) is 6.67. The largest absolute Gasteiger partial charge is 0.462 e. The molecule has 152 valence electrons. The molecule has 2 aromatic heterocycles. The van der Waals surface area contributed by atoms with Crippen LogP contribution in [0.25, 0.3) is 11.1 Å². The topological polar surface area (TPSA) is 52.6 Å². The van der Waals surface area contributed by atoms with E-state index in [1.807, 2.05) is 38.1 Å². The fraction of sp³-hybridized carbons (Fsp3) is 0.455. The van der Waals surface area contributed by atoms with Gasteiger partial charge in [-0.3, -0.25) is 0 Å². The van der Waals surface area contributed by atoms with Gasteiger partial charge in [0.2, 0.25) is 0 Å². The van der Waals surface area contributed by atoms with Crippen molar-refractivity contribution in [3.8, 4) is 0 Å². The van der Waals surface area contributed by atoms with Gasteiger partial charge in [0.25, 0.3) is 0 Å². The minimum Gasteiger partial charge on any atom is -0.462 e. The highest BCUT2D eigenvalue weighted by atomic mass is 32.1. The molecular weight excluding hydrogens is 392 g/mol. The van der Waals surface area contributed by atoms with Crippen LogP contribution in [0.1, 0.15) is 82.5 Å². The van der Waals surface area contributed by atoms with Gasteiger partial charge < -0.3 is 9.47 Å². The molecule has 0 saturated heterocycles. The number of rotatable bonds is 10. The van der Waals surface area contributed by atoms with Crippen LogP contribution in [0.2, 0.25) is 0 Å². The maximum atomic E-state index is 12.1. The number of hydrogen-bond acceptors (Lipinski definition) is 6. The summed E-state index contributed by atoms with van der Waals surface area (Å²) < 4.78 is 10.3. The molecule has 0 aliphatic carbocycles. The number of carbonyl (C=O) groups is 2. The summed E-state index contributed by atoms with van der Waals surface area (Å²) in [5.74, 6) is -0.542. The molecule has 0 aliphatic heterocycles. The molecule has 0 radical (unpaired) electrons. The summed E-state index contributed by atoms with van der Waals surface area (Å²) in [6.07, 6.45) is 3.85. The van der Waals surface area contributed by atoms with Crippen molar-refractivity contribution in [3.63, 3.8) is 0 Å². The molecule has 0 amide bonds. The highest BCUT2D eigenvalue weighted by Crippen LogP contribution is 2.39. The zero-order valence-corrected chi connectivity index (χ0v) is 18.6. The summed E-state index contributed by atoms with van der Waals surface area (Å²) in [7, 11) is 0. The lowest BCUT2D eigenvalue weighted by atomic mass is 9.97. The number of thiophene rings is 2. The van der Waals surface area contributed by atoms with Gasteiger partial charge in [0.05, 0.1) is 13.2 Å². The van der Waals surface area contributed by atoms with Gasteiger partial charge in [-0.2, -0.15) is 0 Å². The SMILES string of the molecule is CCCC(=C(CCC)c1ccc(C(=O)OCC)s1)c1ccc(C(=O)OCC)s1. The minimum absolute atomic E-state index is 0.271. The highest BCUT2D eigenvalue weighted by Gasteiger charge is 2.18. The summed E-state index contributed by atoms with van der Waals surface area (Å²) in [6, 6.07) is 7.71. The van der Waals surface area contributed by atoms with Gasteiger partial charge >= 0.3 is 11.9 Å². The lowest BCUT2D eigenvalue weighted by Gasteiger charge is -2.13. The number of allylic oxidation sites excluding steroid dienone is 2. The normalized spacial score (nSPS) is 11.9. The fourth-order valence-electron chi connectivity index (χ4n) is 2.97. The highest BCUT2D eigenvalue weighted by molar-refractivity contribution is 7.16. The lowest BCUT2D eigenvalue weighted by molar-refractivity contribution is 0.0522. The minimum atomic E-state index is -0.271. The van der Waals surface area contributed by atoms with E-state index < -0.39 is 0 Å². The molecule has 0 bridgehead atoms. The van der Waals surface area contributed by atoms with E-state index in [-0.39, 0.29) is 11.9 Å². The van der Waals surface area contributed by atoms with E-state index >= 15 is 0 Å². The van der Waals surface area contributed by atoms with E-state index in [0.717, 1.165) is 35.4 Å². The Hall–Kier alpha value is -1.92. The average Bonchev–Trinajstić information content (AvgIpc) is 3.35. The third kappa shape index (κ3) is 5.55. The molecule has 2 aromatic rings. The van der Waals surface area contributed by atoms with Crippen molar-refractivity contribution in [1.82, 2.24) is 0 Å². The first-order valence-electron chi connectivity index (χ1n) is 9.82. The smallest absolute Gasteiger partial charge is 0.348 e. The number of hydrogen-bond donors (Lipinski definition) is 0. The van der Waals surface area contributed by atoms with Crippen LogP contribution < -0.4 is 0 Å². The second-order valence-electron chi connectivity index (χ2n) is 6.23. The van der Waals surface area contributed by atoms with Crippen molar-refractivity contribution >= 4 is 45.8 Å². The van der Waals surface area contributed by atoms with Crippen molar-refractivity contribution in [3.05, 3.63) is 43.8 Å². The molecule has 0 aromatic carbocycles. The van der Waals surface area contributed by atoms with Crippen LogP contribution >= 0.6 is 22.7 Å². The summed E-state index contributed by atoms with van der Waals surface area (Å²) in [5.41, 5.74) is 2.50. The Kier molecular flexibility index (Phi) is 8.93. The Bertz CT molecular complexity index is 761.